The number of rotatable bonds is 12. The fourth-order valence-electron chi connectivity index (χ4n) is 8.96. The van der Waals surface area contributed by atoms with Gasteiger partial charge in [-0.1, -0.05) is 71.9 Å². The lowest BCUT2D eigenvalue weighted by atomic mass is 9.47. The minimum absolute atomic E-state index is 0.0614. The minimum atomic E-state index is -1.99. The van der Waals surface area contributed by atoms with E-state index in [1.54, 1.807) is 5.56 Å². The highest BCUT2D eigenvalue weighted by atomic mass is 28.4. The molecule has 2 aromatic rings. The van der Waals surface area contributed by atoms with Crippen LogP contribution < -0.4 is 4.43 Å². The van der Waals surface area contributed by atoms with Crippen LogP contribution in [0.2, 0.25) is 31.2 Å². The molecule has 0 unspecified atom stereocenters. The molecule has 4 saturated carbocycles. The number of carbonyl (C=O) groups is 1. The van der Waals surface area contributed by atoms with Crippen LogP contribution in [-0.4, -0.2) is 36.5 Å². The Morgan fingerprint density at radius 3 is 2.08 bits per heavy atom. The average Bonchev–Trinajstić information content (AvgIpc) is 2.97. The third kappa shape index (κ3) is 8.07. The van der Waals surface area contributed by atoms with Crippen LogP contribution >= 0.6 is 0 Å². The third-order valence-electron chi connectivity index (χ3n) is 11.9. The number of aryl methyl sites for hydroxylation is 1. The second-order valence-corrected chi connectivity index (χ2v) is 25.4. The van der Waals surface area contributed by atoms with Crippen molar-refractivity contribution >= 4 is 28.9 Å². The molecule has 6 rings (SSSR count). The first-order valence-corrected chi connectivity index (χ1v) is 24.6. The van der Waals surface area contributed by atoms with E-state index in [4.69, 9.17) is 13.6 Å². The summed E-state index contributed by atoms with van der Waals surface area (Å²) in [6, 6.07) is 12.7. The number of allylic oxidation sites excluding steroid dienone is 1. The standard InChI is InChI=1S/C42H64O4Si2/c1-12-44-39(43)34-17-14-16-33(24-34)35(28-45-48(10,11)41(5,6)7)18-13-15-32-19-20-36(40(2,3)4)37(38(32)46-47(8)9)42-25-29-21-30(26-42)23-31(22-29)27-42/h14,16-20,24,29-31,47H,12-13,15,21-23,25-28H2,1-11H3/b35-18+. The van der Waals surface area contributed by atoms with Crippen LogP contribution in [0.25, 0.3) is 5.57 Å². The van der Waals surface area contributed by atoms with Crippen LogP contribution in [0.15, 0.2) is 42.5 Å². The van der Waals surface area contributed by atoms with Crippen LogP contribution in [0.4, 0.5) is 0 Å². The van der Waals surface area contributed by atoms with Crippen molar-refractivity contribution < 1.29 is 18.4 Å². The monoisotopic (exact) mass is 688 g/mol. The van der Waals surface area contributed by atoms with Crippen LogP contribution in [0.3, 0.4) is 0 Å². The molecule has 6 heteroatoms. The highest BCUT2D eigenvalue weighted by molar-refractivity contribution is 6.74. The number of esters is 1. The first kappa shape index (κ1) is 37.1. The SMILES string of the molecule is CCOC(=O)c1cccc(/C(=C/CCc2ccc(C(C)(C)C)c(C34CC5CC(CC(C5)C3)C4)c2O[SiH](C)C)CO[Si](C)(C)C(C)(C)C)c1. The Morgan fingerprint density at radius 1 is 0.938 bits per heavy atom. The van der Waals surface area contributed by atoms with Gasteiger partial charge in [0.05, 0.1) is 18.8 Å². The molecule has 0 spiro atoms. The smallest absolute Gasteiger partial charge is 0.338 e. The van der Waals surface area contributed by atoms with Gasteiger partial charge in [0, 0.05) is 11.0 Å². The molecule has 264 valence electrons. The molecule has 0 amide bonds. The van der Waals surface area contributed by atoms with Crippen LogP contribution in [0.5, 0.6) is 5.75 Å². The lowest BCUT2D eigenvalue weighted by Gasteiger charge is -2.58. The molecular formula is C42H64O4Si2. The van der Waals surface area contributed by atoms with Gasteiger partial charge in [0.15, 0.2) is 8.32 Å². The Hall–Kier alpha value is -2.16. The van der Waals surface area contributed by atoms with Crippen LogP contribution in [0, 0.1) is 17.8 Å². The molecule has 0 aliphatic heterocycles. The van der Waals surface area contributed by atoms with Crippen molar-refractivity contribution in [3.63, 3.8) is 0 Å². The maximum atomic E-state index is 12.7. The minimum Gasteiger partial charge on any atom is -0.547 e. The molecule has 2 aromatic carbocycles. The predicted octanol–water partition coefficient (Wildman–Crippen LogP) is 11.0. The Bertz CT molecular complexity index is 1450. The van der Waals surface area contributed by atoms with E-state index >= 15 is 0 Å². The van der Waals surface area contributed by atoms with Crippen molar-refractivity contribution in [1.82, 2.24) is 0 Å². The molecular weight excluding hydrogens is 625 g/mol. The average molecular weight is 689 g/mol. The predicted molar refractivity (Wildman–Crippen MR) is 206 cm³/mol. The van der Waals surface area contributed by atoms with Gasteiger partial charge in [-0.05, 0) is 147 Å². The summed E-state index contributed by atoms with van der Waals surface area (Å²) < 4.78 is 19.2. The topological polar surface area (TPSA) is 44.8 Å². The summed E-state index contributed by atoms with van der Waals surface area (Å²) in [6.45, 7) is 26.0. The van der Waals surface area contributed by atoms with Crippen molar-refractivity contribution in [3.8, 4) is 5.75 Å². The maximum Gasteiger partial charge on any atom is 0.338 e. The summed E-state index contributed by atoms with van der Waals surface area (Å²) in [5, 5.41) is 0.111. The highest BCUT2D eigenvalue weighted by Gasteiger charge is 2.54. The molecule has 0 aromatic heterocycles. The second kappa shape index (κ2) is 14.2. The van der Waals surface area contributed by atoms with Gasteiger partial charge in [-0.3, -0.25) is 0 Å². The van der Waals surface area contributed by atoms with E-state index in [-0.39, 0.29) is 21.8 Å². The molecule has 4 nitrogen and oxygen atoms in total. The lowest BCUT2D eigenvalue weighted by molar-refractivity contribution is -0.00662. The van der Waals surface area contributed by atoms with E-state index in [1.165, 1.54) is 55.4 Å². The summed E-state index contributed by atoms with van der Waals surface area (Å²) >= 11 is 0. The first-order valence-electron chi connectivity index (χ1n) is 18.9. The van der Waals surface area contributed by atoms with E-state index in [1.807, 2.05) is 25.1 Å². The van der Waals surface area contributed by atoms with Crippen molar-refractivity contribution in [2.75, 3.05) is 13.2 Å². The quantitative estimate of drug-likeness (QED) is 0.164. The van der Waals surface area contributed by atoms with Gasteiger partial charge in [-0.2, -0.15) is 0 Å². The molecule has 4 aliphatic rings. The van der Waals surface area contributed by atoms with E-state index < -0.39 is 17.4 Å². The second-order valence-electron chi connectivity index (χ2n) is 18.2. The van der Waals surface area contributed by atoms with Crippen molar-refractivity contribution in [2.24, 2.45) is 17.8 Å². The van der Waals surface area contributed by atoms with E-state index in [0.717, 1.165) is 41.7 Å². The van der Waals surface area contributed by atoms with Crippen LogP contribution in [0.1, 0.15) is 126 Å². The van der Waals surface area contributed by atoms with Gasteiger partial charge in [0.2, 0.25) is 9.04 Å². The molecule has 0 heterocycles. The van der Waals surface area contributed by atoms with Crippen LogP contribution in [-0.2, 0) is 26.4 Å². The van der Waals surface area contributed by atoms with E-state index in [0.29, 0.717) is 18.8 Å². The van der Waals surface area contributed by atoms with E-state index in [9.17, 15) is 4.79 Å². The number of ether oxygens (including phenoxy) is 1. The van der Waals surface area contributed by atoms with Gasteiger partial charge < -0.3 is 13.6 Å². The third-order valence-corrected chi connectivity index (χ3v) is 17.1. The summed E-state index contributed by atoms with van der Waals surface area (Å²) in [5.41, 5.74) is 7.53. The molecule has 0 saturated heterocycles. The fraction of sp³-hybridized carbons (Fsp3) is 0.643. The van der Waals surface area contributed by atoms with Gasteiger partial charge >= 0.3 is 5.97 Å². The Balaban J connectivity index is 1.52. The molecule has 4 bridgehead atoms. The number of carbonyl (C=O) groups excluding carboxylic acids is 1. The summed E-state index contributed by atoms with van der Waals surface area (Å²) in [5.74, 6) is 3.61. The summed E-state index contributed by atoms with van der Waals surface area (Å²) in [6.07, 6.45) is 12.5. The number of hydrogen-bond acceptors (Lipinski definition) is 4. The largest absolute Gasteiger partial charge is 0.547 e. The van der Waals surface area contributed by atoms with Crippen molar-refractivity contribution in [1.29, 1.82) is 0 Å². The zero-order valence-corrected chi connectivity index (χ0v) is 34.2. The summed E-state index contributed by atoms with van der Waals surface area (Å²) in [4.78, 5) is 12.7. The fourth-order valence-corrected chi connectivity index (χ4v) is 10.6. The van der Waals surface area contributed by atoms with E-state index in [2.05, 4.69) is 92.0 Å². The molecule has 0 N–H and O–H groups in total. The number of benzene rings is 2. The molecule has 0 radical (unpaired) electrons. The van der Waals surface area contributed by atoms with Crippen molar-refractivity contribution in [2.45, 2.75) is 142 Å². The van der Waals surface area contributed by atoms with Gasteiger partial charge in [0.25, 0.3) is 0 Å². The Morgan fingerprint density at radius 2 is 1.54 bits per heavy atom. The zero-order chi connectivity index (χ0) is 35.1. The van der Waals surface area contributed by atoms with Gasteiger partial charge in [0.1, 0.15) is 5.75 Å². The first-order chi connectivity index (χ1) is 22.4. The van der Waals surface area contributed by atoms with Crippen molar-refractivity contribution in [3.05, 3.63) is 70.3 Å². The summed E-state index contributed by atoms with van der Waals surface area (Å²) in [7, 11) is -3.36. The zero-order valence-electron chi connectivity index (χ0n) is 32.1. The lowest BCUT2D eigenvalue weighted by Crippen LogP contribution is -2.49. The molecule has 48 heavy (non-hydrogen) atoms. The normalized spacial score (nSPS) is 24.3. The van der Waals surface area contributed by atoms with Gasteiger partial charge in [-0.15, -0.1) is 0 Å². The highest BCUT2D eigenvalue weighted by Crippen LogP contribution is 2.63. The molecule has 4 fully saturated rings. The maximum absolute atomic E-state index is 12.7. The Labute approximate surface area is 295 Å². The molecule has 0 atom stereocenters. The molecule has 4 aliphatic carbocycles. The Kier molecular flexibility index (Phi) is 11.0. The number of hydrogen-bond donors (Lipinski definition) is 0. The van der Waals surface area contributed by atoms with Gasteiger partial charge in [-0.25, -0.2) is 4.79 Å².